The molecule has 4 nitrogen and oxygen atoms in total. The maximum atomic E-state index is 14.6. The van der Waals surface area contributed by atoms with Gasteiger partial charge in [-0.05, 0) is 60.4 Å². The lowest BCUT2D eigenvalue weighted by atomic mass is 9.85. The molecule has 1 atom stereocenters. The van der Waals surface area contributed by atoms with Gasteiger partial charge in [-0.1, -0.05) is 38.3 Å². The number of nitrogens with zero attached hydrogens (tertiary/aromatic N) is 2. The van der Waals surface area contributed by atoms with Crippen LogP contribution in [0.5, 0.6) is 0 Å². The Hall–Kier alpha value is -2.82. The maximum Gasteiger partial charge on any atom is 0.148 e. The first kappa shape index (κ1) is 18.2. The van der Waals surface area contributed by atoms with E-state index in [2.05, 4.69) is 46.1 Å². The lowest BCUT2D eigenvalue weighted by Crippen LogP contribution is -2.12. The molecule has 2 heterocycles. The number of hydrogen-bond donors (Lipinski definition) is 2. The predicted octanol–water partition coefficient (Wildman–Crippen LogP) is 6.36. The van der Waals surface area contributed by atoms with Gasteiger partial charge in [-0.2, -0.15) is 0 Å². The zero-order valence-corrected chi connectivity index (χ0v) is 16.8. The molecule has 1 aromatic heterocycles. The van der Waals surface area contributed by atoms with Crippen molar-refractivity contribution in [3.05, 3.63) is 54.2 Å². The van der Waals surface area contributed by atoms with Crippen LogP contribution in [0.25, 0.3) is 22.2 Å². The Bertz CT molecular complexity index is 1090. The minimum atomic E-state index is -0.385. The van der Waals surface area contributed by atoms with Crippen molar-refractivity contribution in [1.82, 2.24) is 9.55 Å². The number of nitrogens with two attached hydrogens (primary N) is 1. The third-order valence-corrected chi connectivity index (χ3v) is 6.58. The third-order valence-electron chi connectivity index (χ3n) is 6.58. The first-order valence-electron chi connectivity index (χ1n) is 10.7. The molecule has 0 saturated heterocycles. The molecule has 5 rings (SSSR count). The van der Waals surface area contributed by atoms with Crippen molar-refractivity contribution < 1.29 is 4.39 Å². The highest BCUT2D eigenvalue weighted by molar-refractivity contribution is 5.88. The molecule has 2 aliphatic rings. The lowest BCUT2D eigenvalue weighted by molar-refractivity contribution is 0.359. The number of benzene rings is 2. The normalized spacial score (nSPS) is 19.3. The van der Waals surface area contributed by atoms with Gasteiger partial charge < -0.3 is 15.6 Å². The van der Waals surface area contributed by atoms with Crippen LogP contribution >= 0.6 is 0 Å². The van der Waals surface area contributed by atoms with E-state index in [1.165, 1.54) is 32.1 Å². The number of imidazole rings is 1. The number of rotatable bonds is 3. The predicted molar refractivity (Wildman–Crippen MR) is 117 cm³/mol. The van der Waals surface area contributed by atoms with Gasteiger partial charge in [-0.15, -0.1) is 0 Å². The molecular weight excluding hydrogens is 363 g/mol. The molecule has 1 aliphatic carbocycles. The Balaban J connectivity index is 1.62. The molecule has 3 aromatic rings. The second-order valence-electron chi connectivity index (χ2n) is 8.27. The molecule has 2 aromatic carbocycles. The van der Waals surface area contributed by atoms with Crippen molar-refractivity contribution in [1.29, 1.82) is 0 Å². The minimum absolute atomic E-state index is 0.189. The standard InChI is InChI=1S/C24H27FN4/c1-2-15-10-11-27-24-22(15)18(13-19(25)23(24)26)16-8-9-21-20(12-16)28-14-29(21)17-6-4-3-5-7-17/h8-15,17,27H,2-7,26H2,1H3. The summed E-state index contributed by atoms with van der Waals surface area (Å²) < 4.78 is 17.0. The monoisotopic (exact) mass is 390 g/mol. The van der Waals surface area contributed by atoms with Gasteiger partial charge in [0, 0.05) is 12.0 Å². The highest BCUT2D eigenvalue weighted by atomic mass is 19.1. The molecular formula is C24H27FN4. The molecule has 1 aliphatic heterocycles. The van der Waals surface area contributed by atoms with E-state index in [9.17, 15) is 4.39 Å². The Labute approximate surface area is 170 Å². The zero-order valence-electron chi connectivity index (χ0n) is 16.8. The number of hydrogen-bond acceptors (Lipinski definition) is 3. The van der Waals surface area contributed by atoms with Crippen LogP contribution in [0.1, 0.15) is 63.0 Å². The molecule has 0 amide bonds. The van der Waals surface area contributed by atoms with Crippen LogP contribution < -0.4 is 11.1 Å². The van der Waals surface area contributed by atoms with E-state index in [-0.39, 0.29) is 17.4 Å². The molecule has 1 fully saturated rings. The van der Waals surface area contributed by atoms with Gasteiger partial charge in [-0.25, -0.2) is 9.37 Å². The molecule has 150 valence electrons. The molecule has 3 N–H and O–H groups in total. The van der Waals surface area contributed by atoms with Crippen molar-refractivity contribution >= 4 is 22.4 Å². The van der Waals surface area contributed by atoms with Crippen LogP contribution in [0.4, 0.5) is 15.8 Å². The van der Waals surface area contributed by atoms with Crippen LogP contribution in [0, 0.1) is 5.82 Å². The Morgan fingerprint density at radius 3 is 2.83 bits per heavy atom. The summed E-state index contributed by atoms with van der Waals surface area (Å²) in [5, 5.41) is 3.17. The molecule has 0 bridgehead atoms. The van der Waals surface area contributed by atoms with E-state index in [0.717, 1.165) is 34.1 Å². The van der Waals surface area contributed by atoms with Gasteiger partial charge in [0.25, 0.3) is 0 Å². The molecule has 0 radical (unpaired) electrons. The molecule has 1 saturated carbocycles. The third kappa shape index (κ3) is 3.00. The van der Waals surface area contributed by atoms with Gasteiger partial charge in [0.1, 0.15) is 5.82 Å². The van der Waals surface area contributed by atoms with Gasteiger partial charge in [-0.3, -0.25) is 0 Å². The second-order valence-corrected chi connectivity index (χ2v) is 8.27. The van der Waals surface area contributed by atoms with Gasteiger partial charge in [0.05, 0.1) is 28.7 Å². The van der Waals surface area contributed by atoms with E-state index < -0.39 is 0 Å². The molecule has 5 heteroatoms. The van der Waals surface area contributed by atoms with Crippen LogP contribution in [-0.4, -0.2) is 9.55 Å². The zero-order chi connectivity index (χ0) is 20.0. The van der Waals surface area contributed by atoms with E-state index in [4.69, 9.17) is 5.73 Å². The van der Waals surface area contributed by atoms with Crippen LogP contribution in [0.15, 0.2) is 42.9 Å². The summed E-state index contributed by atoms with van der Waals surface area (Å²) in [5.74, 6) is -0.177. The molecule has 0 spiro atoms. The average molecular weight is 391 g/mol. The fourth-order valence-electron chi connectivity index (χ4n) is 4.99. The number of anilines is 2. The first-order chi connectivity index (χ1) is 14.2. The summed E-state index contributed by atoms with van der Waals surface area (Å²) in [6.07, 6.45) is 13.3. The smallest absolute Gasteiger partial charge is 0.148 e. The van der Waals surface area contributed by atoms with Crippen LogP contribution in [-0.2, 0) is 0 Å². The van der Waals surface area contributed by atoms with Crippen molar-refractivity contribution in [3.63, 3.8) is 0 Å². The summed E-state index contributed by atoms with van der Waals surface area (Å²) >= 11 is 0. The number of nitrogens with one attached hydrogen (secondary N) is 1. The number of allylic oxidation sites excluding steroid dienone is 1. The Morgan fingerprint density at radius 2 is 2.03 bits per heavy atom. The number of halogens is 1. The first-order valence-corrected chi connectivity index (χ1v) is 10.7. The average Bonchev–Trinajstić information content (AvgIpc) is 3.19. The summed E-state index contributed by atoms with van der Waals surface area (Å²) in [6, 6.07) is 8.45. The molecule has 29 heavy (non-hydrogen) atoms. The quantitative estimate of drug-likeness (QED) is 0.511. The summed E-state index contributed by atoms with van der Waals surface area (Å²) in [5.41, 5.74) is 12.0. The highest BCUT2D eigenvalue weighted by Gasteiger charge is 2.25. The van der Waals surface area contributed by atoms with Crippen molar-refractivity contribution in [2.24, 2.45) is 0 Å². The van der Waals surface area contributed by atoms with Crippen LogP contribution in [0.2, 0.25) is 0 Å². The SMILES string of the molecule is CCC1C=CNc2c(N)c(F)cc(-c3ccc4c(c3)ncn4C3CCCCC3)c21. The van der Waals surface area contributed by atoms with E-state index in [0.29, 0.717) is 11.7 Å². The maximum absolute atomic E-state index is 14.6. The summed E-state index contributed by atoms with van der Waals surface area (Å²) in [4.78, 5) is 4.69. The largest absolute Gasteiger partial charge is 0.395 e. The van der Waals surface area contributed by atoms with E-state index >= 15 is 0 Å². The molecule has 1 unspecified atom stereocenters. The van der Waals surface area contributed by atoms with Gasteiger partial charge in [0.15, 0.2) is 0 Å². The number of fused-ring (bicyclic) bond motifs is 2. The topological polar surface area (TPSA) is 55.9 Å². The van der Waals surface area contributed by atoms with Crippen LogP contribution in [0.3, 0.4) is 0 Å². The second kappa shape index (κ2) is 7.21. The number of aromatic nitrogens is 2. The number of nitrogen functional groups attached to an aromatic ring is 1. The Kier molecular flexibility index (Phi) is 4.53. The lowest BCUT2D eigenvalue weighted by Gasteiger charge is -2.26. The van der Waals surface area contributed by atoms with E-state index in [1.807, 2.05) is 12.5 Å². The Morgan fingerprint density at radius 1 is 1.21 bits per heavy atom. The van der Waals surface area contributed by atoms with Crippen molar-refractivity contribution in [2.75, 3.05) is 11.1 Å². The van der Waals surface area contributed by atoms with E-state index in [1.54, 1.807) is 6.07 Å². The van der Waals surface area contributed by atoms with Gasteiger partial charge in [0.2, 0.25) is 0 Å². The summed E-state index contributed by atoms with van der Waals surface area (Å²) in [7, 11) is 0. The van der Waals surface area contributed by atoms with Gasteiger partial charge >= 0.3 is 0 Å². The summed E-state index contributed by atoms with van der Waals surface area (Å²) in [6.45, 7) is 2.14. The fraction of sp³-hybridized carbons (Fsp3) is 0.375. The highest BCUT2D eigenvalue weighted by Crippen LogP contribution is 2.44. The fourth-order valence-corrected chi connectivity index (χ4v) is 4.99. The minimum Gasteiger partial charge on any atom is -0.395 e. The van der Waals surface area contributed by atoms with Crippen molar-refractivity contribution in [2.45, 2.75) is 57.4 Å². The van der Waals surface area contributed by atoms with Crippen molar-refractivity contribution in [3.8, 4) is 11.1 Å².